The molecule has 1 aliphatic rings. The molecular formula is C30H33FN4O5. The normalized spacial score (nSPS) is 17.9. The molecule has 1 aromatic heterocycles. The van der Waals surface area contributed by atoms with Crippen LogP contribution in [0.2, 0.25) is 0 Å². The molecular weight excluding hydrogens is 515 g/mol. The number of likely N-dealkylation sites (tertiary alicyclic amines) is 1. The summed E-state index contributed by atoms with van der Waals surface area (Å²) in [6, 6.07) is 10.5. The van der Waals surface area contributed by atoms with Gasteiger partial charge in [0, 0.05) is 29.8 Å². The Morgan fingerprint density at radius 3 is 2.55 bits per heavy atom. The lowest BCUT2D eigenvalue weighted by Gasteiger charge is -2.39. The topological polar surface area (TPSA) is 132 Å². The molecule has 0 spiro atoms. The molecule has 9 nitrogen and oxygen atoms in total. The molecule has 1 aliphatic heterocycles. The van der Waals surface area contributed by atoms with E-state index in [0.717, 1.165) is 11.1 Å². The summed E-state index contributed by atoms with van der Waals surface area (Å²) in [5.41, 5.74) is 1.60. The van der Waals surface area contributed by atoms with Crippen molar-refractivity contribution in [3.05, 3.63) is 98.7 Å². The van der Waals surface area contributed by atoms with Crippen LogP contribution >= 0.6 is 0 Å². The Hall–Kier alpha value is -4.34. The third-order valence-corrected chi connectivity index (χ3v) is 7.77. The fourth-order valence-corrected chi connectivity index (χ4v) is 5.33. The Morgan fingerprint density at radius 2 is 1.90 bits per heavy atom. The van der Waals surface area contributed by atoms with Gasteiger partial charge in [-0.2, -0.15) is 5.10 Å². The molecule has 3 aromatic rings. The van der Waals surface area contributed by atoms with Crippen LogP contribution in [-0.2, 0) is 16.0 Å². The smallest absolute Gasteiger partial charge is 0.311 e. The van der Waals surface area contributed by atoms with E-state index in [1.54, 1.807) is 57.2 Å². The summed E-state index contributed by atoms with van der Waals surface area (Å²) in [6.07, 6.45) is 2.78. The SMILES string of the molecule is Cc1cc(C(=O)N[C@H](C)C(=O)N2[C@H](c3cccc(F)c3)CC[C@@H]2C(C)(C)C(=O)O)ccc1Cc1ccn[nH]c1=O. The Bertz CT molecular complexity index is 1500. The van der Waals surface area contributed by atoms with E-state index in [0.29, 0.717) is 36.0 Å². The van der Waals surface area contributed by atoms with Crippen LogP contribution < -0.4 is 10.9 Å². The van der Waals surface area contributed by atoms with Crippen molar-refractivity contribution < 1.29 is 23.9 Å². The number of benzene rings is 2. The van der Waals surface area contributed by atoms with E-state index in [1.165, 1.54) is 23.2 Å². The van der Waals surface area contributed by atoms with Gasteiger partial charge in [-0.1, -0.05) is 18.2 Å². The van der Waals surface area contributed by atoms with Gasteiger partial charge in [0.1, 0.15) is 11.9 Å². The number of nitrogens with one attached hydrogen (secondary N) is 2. The predicted molar refractivity (Wildman–Crippen MR) is 146 cm³/mol. The summed E-state index contributed by atoms with van der Waals surface area (Å²) >= 11 is 0. The van der Waals surface area contributed by atoms with Gasteiger partial charge in [0.05, 0.1) is 11.5 Å². The summed E-state index contributed by atoms with van der Waals surface area (Å²) in [5, 5.41) is 18.8. The predicted octanol–water partition coefficient (Wildman–Crippen LogP) is 3.77. The number of amides is 2. The highest BCUT2D eigenvalue weighted by Gasteiger charge is 2.49. The minimum atomic E-state index is -1.26. The monoisotopic (exact) mass is 548 g/mol. The quantitative estimate of drug-likeness (QED) is 0.393. The Kier molecular flexibility index (Phi) is 8.18. The number of carbonyl (C=O) groups is 3. The maximum Gasteiger partial charge on any atom is 0.311 e. The highest BCUT2D eigenvalue weighted by atomic mass is 19.1. The number of carbonyl (C=O) groups excluding carboxylic acids is 2. The van der Waals surface area contributed by atoms with E-state index in [2.05, 4.69) is 15.5 Å². The zero-order valence-corrected chi connectivity index (χ0v) is 22.9. The number of carboxylic acids is 1. The van der Waals surface area contributed by atoms with Gasteiger partial charge in [-0.15, -0.1) is 0 Å². The number of hydrogen-bond acceptors (Lipinski definition) is 5. The molecule has 0 bridgehead atoms. The van der Waals surface area contributed by atoms with Crippen LogP contribution in [0.5, 0.6) is 0 Å². The molecule has 4 rings (SSSR count). The number of halogens is 1. The van der Waals surface area contributed by atoms with Crippen molar-refractivity contribution >= 4 is 17.8 Å². The van der Waals surface area contributed by atoms with Crippen molar-refractivity contribution in [3.8, 4) is 0 Å². The van der Waals surface area contributed by atoms with E-state index in [4.69, 9.17) is 0 Å². The van der Waals surface area contributed by atoms with E-state index < -0.39 is 47.1 Å². The Labute approximate surface area is 231 Å². The van der Waals surface area contributed by atoms with Gasteiger partial charge >= 0.3 is 5.97 Å². The number of nitrogens with zero attached hydrogens (tertiary/aromatic N) is 2. The second-order valence-electron chi connectivity index (χ2n) is 10.9. The molecule has 2 heterocycles. The van der Waals surface area contributed by atoms with Gasteiger partial charge in [0.25, 0.3) is 11.5 Å². The second kappa shape index (κ2) is 11.4. The summed E-state index contributed by atoms with van der Waals surface area (Å²) in [6.45, 7) is 6.54. The van der Waals surface area contributed by atoms with Gasteiger partial charge in [-0.3, -0.25) is 19.2 Å². The summed E-state index contributed by atoms with van der Waals surface area (Å²) < 4.78 is 14.1. The Balaban J connectivity index is 1.55. The van der Waals surface area contributed by atoms with Crippen molar-refractivity contribution in [3.63, 3.8) is 0 Å². The highest BCUT2D eigenvalue weighted by molar-refractivity contribution is 5.98. The molecule has 1 fully saturated rings. The highest BCUT2D eigenvalue weighted by Crippen LogP contribution is 2.44. The van der Waals surface area contributed by atoms with Gasteiger partial charge < -0.3 is 15.3 Å². The maximum absolute atomic E-state index is 14.1. The number of hydrogen-bond donors (Lipinski definition) is 3. The first-order valence-corrected chi connectivity index (χ1v) is 13.1. The van der Waals surface area contributed by atoms with Crippen molar-refractivity contribution in [2.24, 2.45) is 5.41 Å². The average molecular weight is 549 g/mol. The molecule has 2 amide bonds. The summed E-state index contributed by atoms with van der Waals surface area (Å²) in [5.74, 6) is -2.40. The number of aromatic amines is 1. The van der Waals surface area contributed by atoms with E-state index in [1.807, 2.05) is 6.92 Å². The lowest BCUT2D eigenvalue weighted by atomic mass is 9.83. The molecule has 3 atom stereocenters. The van der Waals surface area contributed by atoms with Crippen molar-refractivity contribution in [2.75, 3.05) is 0 Å². The first-order chi connectivity index (χ1) is 18.9. The van der Waals surface area contributed by atoms with Crippen LogP contribution in [0.4, 0.5) is 4.39 Å². The maximum atomic E-state index is 14.1. The molecule has 3 N–H and O–H groups in total. The van der Waals surface area contributed by atoms with Crippen molar-refractivity contribution in [1.82, 2.24) is 20.4 Å². The van der Waals surface area contributed by atoms with Gasteiger partial charge in [-0.05, 0) is 87.6 Å². The molecule has 210 valence electrons. The number of aryl methyl sites for hydroxylation is 1. The fraction of sp³-hybridized carbons (Fsp3) is 0.367. The number of rotatable bonds is 8. The van der Waals surface area contributed by atoms with Crippen LogP contribution in [0.3, 0.4) is 0 Å². The second-order valence-corrected chi connectivity index (χ2v) is 10.9. The third-order valence-electron chi connectivity index (χ3n) is 7.77. The first-order valence-electron chi connectivity index (χ1n) is 13.1. The van der Waals surface area contributed by atoms with Crippen molar-refractivity contribution in [1.29, 1.82) is 0 Å². The largest absolute Gasteiger partial charge is 0.481 e. The first kappa shape index (κ1) is 28.7. The number of aromatic nitrogens is 2. The molecule has 0 unspecified atom stereocenters. The summed E-state index contributed by atoms with van der Waals surface area (Å²) in [4.78, 5) is 52.6. The molecule has 10 heteroatoms. The zero-order chi connectivity index (χ0) is 29.2. The molecule has 0 radical (unpaired) electrons. The number of aliphatic carboxylic acids is 1. The standard InChI is InChI=1S/C30H33FN4O5/c1-17-14-21(9-8-19(17)15-22-12-13-32-34-27(22)37)26(36)33-18(2)28(38)35-24(20-6-5-7-23(31)16-20)10-11-25(35)30(3,4)29(39)40/h5-9,12-14,16,18,24-25H,10-11,15H2,1-4H3,(H,33,36)(H,34,37)(H,39,40)/t18-,24+,25-/m1/s1. The van der Waals surface area contributed by atoms with Gasteiger partial charge in [-0.25, -0.2) is 9.49 Å². The third kappa shape index (κ3) is 5.80. The van der Waals surface area contributed by atoms with Gasteiger partial charge in [0.2, 0.25) is 5.91 Å². The molecule has 1 saturated heterocycles. The zero-order valence-electron chi connectivity index (χ0n) is 22.9. The summed E-state index contributed by atoms with van der Waals surface area (Å²) in [7, 11) is 0. The molecule has 0 saturated carbocycles. The van der Waals surface area contributed by atoms with Crippen LogP contribution in [0.15, 0.2) is 59.5 Å². The van der Waals surface area contributed by atoms with Gasteiger partial charge in [0.15, 0.2) is 0 Å². The average Bonchev–Trinajstić information content (AvgIpc) is 3.36. The van der Waals surface area contributed by atoms with Crippen LogP contribution in [0.1, 0.15) is 72.3 Å². The number of carboxylic acid groups (broad SMARTS) is 1. The minimum Gasteiger partial charge on any atom is -0.481 e. The molecule has 0 aliphatic carbocycles. The Morgan fingerprint density at radius 1 is 1.15 bits per heavy atom. The van der Waals surface area contributed by atoms with Crippen LogP contribution in [0.25, 0.3) is 0 Å². The van der Waals surface area contributed by atoms with E-state index in [9.17, 15) is 28.7 Å². The van der Waals surface area contributed by atoms with E-state index in [-0.39, 0.29) is 5.56 Å². The number of H-pyrrole nitrogens is 1. The fourth-order valence-electron chi connectivity index (χ4n) is 5.33. The van der Waals surface area contributed by atoms with Crippen LogP contribution in [0, 0.1) is 18.2 Å². The molecule has 40 heavy (non-hydrogen) atoms. The van der Waals surface area contributed by atoms with Crippen molar-refractivity contribution in [2.45, 2.75) is 65.1 Å². The van der Waals surface area contributed by atoms with E-state index >= 15 is 0 Å². The minimum absolute atomic E-state index is 0.279. The molecule has 2 aromatic carbocycles. The lowest BCUT2D eigenvalue weighted by molar-refractivity contribution is -0.153. The van der Waals surface area contributed by atoms with Crippen LogP contribution in [-0.4, -0.2) is 50.1 Å². The lowest BCUT2D eigenvalue weighted by Crippen LogP contribution is -2.54.